The third kappa shape index (κ3) is 2.81. The van der Waals surface area contributed by atoms with Crippen molar-refractivity contribution in [1.82, 2.24) is 0 Å². The first-order valence-corrected chi connectivity index (χ1v) is 4.88. The summed E-state index contributed by atoms with van der Waals surface area (Å²) >= 11 is 0. The van der Waals surface area contributed by atoms with E-state index >= 15 is 0 Å². The second-order valence-corrected chi connectivity index (χ2v) is 4.42. The van der Waals surface area contributed by atoms with Gasteiger partial charge in [-0.3, -0.25) is 0 Å². The summed E-state index contributed by atoms with van der Waals surface area (Å²) in [5.74, 6) is 0. The highest BCUT2D eigenvalue weighted by Gasteiger charge is 2.25. The monoisotopic (exact) mass is 195 g/mol. The van der Waals surface area contributed by atoms with Crippen molar-refractivity contribution in [2.75, 3.05) is 0 Å². The van der Waals surface area contributed by atoms with Gasteiger partial charge in [-0.25, -0.2) is 4.39 Å². The molecule has 1 aromatic rings. The van der Waals surface area contributed by atoms with Crippen molar-refractivity contribution < 1.29 is 4.39 Å². The third-order valence-corrected chi connectivity index (χ3v) is 2.47. The number of rotatable bonds is 3. The van der Waals surface area contributed by atoms with Gasteiger partial charge in [0.15, 0.2) is 0 Å². The molecule has 0 aliphatic rings. The molecule has 1 aromatic carbocycles. The molecule has 0 saturated carbocycles. The number of hydrogen-bond acceptors (Lipinski definition) is 1. The molecule has 0 aliphatic carbocycles. The van der Waals surface area contributed by atoms with Gasteiger partial charge >= 0.3 is 0 Å². The minimum absolute atomic E-state index is 0.399. The fourth-order valence-corrected chi connectivity index (χ4v) is 1.30. The Hall–Kier alpha value is -0.890. The summed E-state index contributed by atoms with van der Waals surface area (Å²) in [4.78, 5) is 0. The maximum Gasteiger partial charge on any atom is 0.121 e. The number of nitrogens with two attached hydrogens (primary N) is 1. The first-order chi connectivity index (χ1) is 6.41. The van der Waals surface area contributed by atoms with E-state index in [-0.39, 0.29) is 0 Å². The molecule has 0 amide bonds. The molecule has 0 radical (unpaired) electrons. The quantitative estimate of drug-likeness (QED) is 0.788. The molecule has 1 unspecified atom stereocenters. The smallest absolute Gasteiger partial charge is 0.121 e. The summed E-state index contributed by atoms with van der Waals surface area (Å²) in [5.41, 5.74) is 7.11. The fourth-order valence-electron chi connectivity index (χ4n) is 1.30. The van der Waals surface area contributed by atoms with E-state index in [2.05, 4.69) is 0 Å². The molecule has 78 valence electrons. The molecule has 0 aliphatic heterocycles. The second kappa shape index (κ2) is 4.09. The van der Waals surface area contributed by atoms with Crippen molar-refractivity contribution in [3.05, 3.63) is 35.4 Å². The van der Waals surface area contributed by atoms with Gasteiger partial charge in [0.2, 0.25) is 0 Å². The number of hydrogen-bond donors (Lipinski definition) is 1. The van der Waals surface area contributed by atoms with Crippen LogP contribution in [0.15, 0.2) is 24.3 Å². The summed E-state index contributed by atoms with van der Waals surface area (Å²) in [6.45, 7) is 5.43. The second-order valence-electron chi connectivity index (χ2n) is 4.42. The summed E-state index contributed by atoms with van der Waals surface area (Å²) in [5, 5.41) is 0. The van der Waals surface area contributed by atoms with Crippen LogP contribution in [0, 0.1) is 6.92 Å². The summed E-state index contributed by atoms with van der Waals surface area (Å²) < 4.78 is 13.7. The minimum atomic E-state index is -0.997. The van der Waals surface area contributed by atoms with Gasteiger partial charge in [0.1, 0.15) is 6.17 Å². The zero-order valence-electron chi connectivity index (χ0n) is 9.05. The number of alkyl halides is 1. The Morgan fingerprint density at radius 2 is 1.93 bits per heavy atom. The van der Waals surface area contributed by atoms with Crippen LogP contribution >= 0.6 is 0 Å². The highest BCUT2D eigenvalue weighted by molar-refractivity contribution is 5.26. The molecule has 0 bridgehead atoms. The van der Waals surface area contributed by atoms with E-state index in [1.54, 1.807) is 13.8 Å². The molecule has 14 heavy (non-hydrogen) atoms. The average molecular weight is 195 g/mol. The minimum Gasteiger partial charge on any atom is -0.323 e. The van der Waals surface area contributed by atoms with Crippen LogP contribution < -0.4 is 5.73 Å². The summed E-state index contributed by atoms with van der Waals surface area (Å²) in [6.07, 6.45) is -0.598. The predicted molar refractivity (Wildman–Crippen MR) is 58.0 cm³/mol. The highest BCUT2D eigenvalue weighted by Crippen LogP contribution is 2.17. The van der Waals surface area contributed by atoms with Crippen molar-refractivity contribution in [3.8, 4) is 0 Å². The maximum atomic E-state index is 13.7. The van der Waals surface area contributed by atoms with Crippen LogP contribution in [0.5, 0.6) is 0 Å². The SMILES string of the molecule is Cc1ccccc1CC(F)C(C)(C)N. The van der Waals surface area contributed by atoms with E-state index in [1.165, 1.54) is 0 Å². The van der Waals surface area contributed by atoms with Crippen LogP contribution in [-0.2, 0) is 6.42 Å². The molecule has 2 N–H and O–H groups in total. The Bertz CT molecular complexity index is 301. The van der Waals surface area contributed by atoms with Gasteiger partial charge < -0.3 is 5.73 Å². The lowest BCUT2D eigenvalue weighted by Gasteiger charge is -2.24. The topological polar surface area (TPSA) is 26.0 Å². The Morgan fingerprint density at radius 3 is 2.43 bits per heavy atom. The molecular weight excluding hydrogens is 177 g/mol. The first-order valence-electron chi connectivity index (χ1n) is 4.88. The van der Waals surface area contributed by atoms with Crippen molar-refractivity contribution in [3.63, 3.8) is 0 Å². The Balaban J connectivity index is 2.75. The summed E-state index contributed by atoms with van der Waals surface area (Å²) in [7, 11) is 0. The van der Waals surface area contributed by atoms with Crippen LogP contribution in [-0.4, -0.2) is 11.7 Å². The summed E-state index contributed by atoms with van der Waals surface area (Å²) in [6, 6.07) is 7.83. The largest absolute Gasteiger partial charge is 0.323 e. The fraction of sp³-hybridized carbons (Fsp3) is 0.500. The van der Waals surface area contributed by atoms with Crippen LogP contribution in [0.4, 0.5) is 4.39 Å². The lowest BCUT2D eigenvalue weighted by Crippen LogP contribution is -2.43. The highest BCUT2D eigenvalue weighted by atomic mass is 19.1. The Labute approximate surface area is 85.1 Å². The van der Waals surface area contributed by atoms with Crippen LogP contribution in [0.3, 0.4) is 0 Å². The molecule has 0 heterocycles. The van der Waals surface area contributed by atoms with Crippen molar-refractivity contribution in [2.45, 2.75) is 38.9 Å². The molecule has 0 saturated heterocycles. The van der Waals surface area contributed by atoms with Gasteiger partial charge in [-0.1, -0.05) is 24.3 Å². The maximum absolute atomic E-state index is 13.7. The van der Waals surface area contributed by atoms with Gasteiger partial charge in [-0.15, -0.1) is 0 Å². The Kier molecular flexibility index (Phi) is 3.27. The van der Waals surface area contributed by atoms with E-state index in [0.717, 1.165) is 11.1 Å². The Morgan fingerprint density at radius 1 is 1.36 bits per heavy atom. The molecule has 2 heteroatoms. The number of halogens is 1. The molecule has 1 nitrogen and oxygen atoms in total. The zero-order chi connectivity index (χ0) is 10.8. The average Bonchev–Trinajstić information content (AvgIpc) is 2.07. The molecular formula is C12H18FN. The van der Waals surface area contributed by atoms with Crippen molar-refractivity contribution >= 4 is 0 Å². The molecule has 1 rings (SSSR count). The van der Waals surface area contributed by atoms with Crippen LogP contribution in [0.2, 0.25) is 0 Å². The lowest BCUT2D eigenvalue weighted by atomic mass is 9.92. The normalized spacial score (nSPS) is 14.1. The van der Waals surface area contributed by atoms with Gasteiger partial charge in [-0.05, 0) is 31.9 Å². The van der Waals surface area contributed by atoms with E-state index in [4.69, 9.17) is 5.73 Å². The third-order valence-electron chi connectivity index (χ3n) is 2.47. The van der Waals surface area contributed by atoms with Crippen LogP contribution in [0.1, 0.15) is 25.0 Å². The van der Waals surface area contributed by atoms with Gasteiger partial charge in [0.25, 0.3) is 0 Å². The molecule has 0 aromatic heterocycles. The van der Waals surface area contributed by atoms with E-state index in [9.17, 15) is 4.39 Å². The van der Waals surface area contributed by atoms with E-state index < -0.39 is 11.7 Å². The standard InChI is InChI=1S/C12H18FN/c1-9-6-4-5-7-10(9)8-11(13)12(2,3)14/h4-7,11H,8,14H2,1-3H3. The predicted octanol–water partition coefficient (Wildman–Crippen LogP) is 2.61. The number of aryl methyl sites for hydroxylation is 1. The van der Waals surface area contributed by atoms with Crippen LogP contribution in [0.25, 0.3) is 0 Å². The van der Waals surface area contributed by atoms with Crippen molar-refractivity contribution in [2.24, 2.45) is 5.73 Å². The van der Waals surface area contributed by atoms with Gasteiger partial charge in [0, 0.05) is 12.0 Å². The lowest BCUT2D eigenvalue weighted by molar-refractivity contribution is 0.218. The first kappa shape index (κ1) is 11.2. The number of benzene rings is 1. The van der Waals surface area contributed by atoms with E-state index in [0.29, 0.717) is 6.42 Å². The molecule has 0 spiro atoms. The molecule has 0 fully saturated rings. The van der Waals surface area contributed by atoms with Gasteiger partial charge in [0.05, 0.1) is 0 Å². The van der Waals surface area contributed by atoms with Gasteiger partial charge in [-0.2, -0.15) is 0 Å². The molecule has 1 atom stereocenters. The van der Waals surface area contributed by atoms with E-state index in [1.807, 2.05) is 31.2 Å². The zero-order valence-corrected chi connectivity index (χ0v) is 9.05. The van der Waals surface area contributed by atoms with Crippen molar-refractivity contribution in [1.29, 1.82) is 0 Å².